The molecule has 0 spiro atoms. The van der Waals surface area contributed by atoms with Crippen molar-refractivity contribution < 1.29 is 4.79 Å². The summed E-state index contributed by atoms with van der Waals surface area (Å²) in [6.07, 6.45) is 3.52. The number of benzene rings is 1. The number of amides is 1. The molecule has 0 bridgehead atoms. The first-order chi connectivity index (χ1) is 6.36. The first-order valence-corrected chi connectivity index (χ1v) is 4.42. The molecular formula is C11H11NO. The fourth-order valence-electron chi connectivity index (χ4n) is 1.42. The van der Waals surface area contributed by atoms with Crippen LogP contribution in [0.2, 0.25) is 0 Å². The monoisotopic (exact) mass is 173 g/mol. The van der Waals surface area contributed by atoms with Gasteiger partial charge in [-0.05, 0) is 12.0 Å². The first-order valence-electron chi connectivity index (χ1n) is 4.42. The average Bonchev–Trinajstić information content (AvgIpc) is 2.19. The van der Waals surface area contributed by atoms with Gasteiger partial charge in [0, 0.05) is 12.1 Å². The third kappa shape index (κ3) is 1.78. The molecule has 2 rings (SSSR count). The van der Waals surface area contributed by atoms with E-state index in [0.29, 0.717) is 6.42 Å². The van der Waals surface area contributed by atoms with Gasteiger partial charge in [-0.1, -0.05) is 36.4 Å². The van der Waals surface area contributed by atoms with Crippen LogP contribution in [-0.4, -0.2) is 5.91 Å². The Morgan fingerprint density at radius 1 is 1.15 bits per heavy atom. The first kappa shape index (κ1) is 8.05. The van der Waals surface area contributed by atoms with Crippen molar-refractivity contribution in [3.63, 3.8) is 0 Å². The minimum absolute atomic E-state index is 0.112. The molecule has 1 N–H and O–H groups in total. The number of hydrogen-bond acceptors (Lipinski definition) is 1. The third-order valence-electron chi connectivity index (χ3n) is 2.08. The van der Waals surface area contributed by atoms with Gasteiger partial charge < -0.3 is 5.32 Å². The third-order valence-corrected chi connectivity index (χ3v) is 2.08. The van der Waals surface area contributed by atoms with Crippen LogP contribution in [0, 0.1) is 0 Å². The van der Waals surface area contributed by atoms with E-state index in [2.05, 4.69) is 11.4 Å². The van der Waals surface area contributed by atoms with Gasteiger partial charge >= 0.3 is 0 Å². The fourth-order valence-corrected chi connectivity index (χ4v) is 1.42. The lowest BCUT2D eigenvalue weighted by atomic mass is 10.1. The smallest absolute Gasteiger partial charge is 0.224 e. The molecule has 2 heteroatoms. The average molecular weight is 173 g/mol. The molecule has 0 aliphatic carbocycles. The van der Waals surface area contributed by atoms with Crippen molar-refractivity contribution in [1.29, 1.82) is 0 Å². The summed E-state index contributed by atoms with van der Waals surface area (Å²) >= 11 is 0. The van der Waals surface area contributed by atoms with Crippen molar-refractivity contribution in [1.82, 2.24) is 5.32 Å². The minimum Gasteiger partial charge on any atom is -0.326 e. The Hall–Kier alpha value is -1.57. The molecule has 0 unspecified atom stereocenters. The van der Waals surface area contributed by atoms with Crippen LogP contribution in [0.3, 0.4) is 0 Å². The number of rotatable bonds is 1. The highest BCUT2D eigenvalue weighted by Gasteiger charge is 2.10. The topological polar surface area (TPSA) is 29.1 Å². The van der Waals surface area contributed by atoms with Crippen LogP contribution >= 0.6 is 0 Å². The summed E-state index contributed by atoms with van der Waals surface area (Å²) in [6.45, 7) is 0. The summed E-state index contributed by atoms with van der Waals surface area (Å²) in [5.41, 5.74) is 2.02. The van der Waals surface area contributed by atoms with Gasteiger partial charge in [0.05, 0.1) is 0 Å². The molecule has 1 aliphatic rings. The van der Waals surface area contributed by atoms with Gasteiger partial charge in [-0.15, -0.1) is 0 Å². The fraction of sp³-hybridized carbons (Fsp3) is 0.182. The largest absolute Gasteiger partial charge is 0.326 e. The van der Waals surface area contributed by atoms with E-state index in [-0.39, 0.29) is 5.91 Å². The van der Waals surface area contributed by atoms with E-state index in [4.69, 9.17) is 0 Å². The Morgan fingerprint density at radius 2 is 1.92 bits per heavy atom. The summed E-state index contributed by atoms with van der Waals surface area (Å²) in [5.74, 6) is 0.112. The second-order valence-electron chi connectivity index (χ2n) is 3.07. The van der Waals surface area contributed by atoms with E-state index < -0.39 is 0 Å². The van der Waals surface area contributed by atoms with E-state index in [0.717, 1.165) is 17.7 Å². The lowest BCUT2D eigenvalue weighted by molar-refractivity contribution is -0.120. The summed E-state index contributed by atoms with van der Waals surface area (Å²) in [6, 6.07) is 9.90. The molecule has 1 amide bonds. The Kier molecular flexibility index (Phi) is 2.13. The molecule has 13 heavy (non-hydrogen) atoms. The van der Waals surface area contributed by atoms with E-state index in [1.54, 1.807) is 0 Å². The molecule has 0 saturated heterocycles. The second-order valence-corrected chi connectivity index (χ2v) is 3.07. The van der Waals surface area contributed by atoms with Crippen LogP contribution in [0.25, 0.3) is 5.70 Å². The molecule has 0 fully saturated rings. The van der Waals surface area contributed by atoms with Crippen LogP contribution < -0.4 is 5.32 Å². The van der Waals surface area contributed by atoms with Crippen LogP contribution in [-0.2, 0) is 4.79 Å². The summed E-state index contributed by atoms with van der Waals surface area (Å²) in [5, 5.41) is 2.85. The highest BCUT2D eigenvalue weighted by atomic mass is 16.1. The summed E-state index contributed by atoms with van der Waals surface area (Å²) in [7, 11) is 0. The van der Waals surface area contributed by atoms with E-state index >= 15 is 0 Å². The minimum atomic E-state index is 0.112. The van der Waals surface area contributed by atoms with Gasteiger partial charge in [-0.2, -0.15) is 0 Å². The zero-order chi connectivity index (χ0) is 9.10. The summed E-state index contributed by atoms with van der Waals surface area (Å²) < 4.78 is 0. The standard InChI is InChI=1S/C11H11NO/c13-11-8-4-7-10(12-11)9-5-2-1-3-6-9/h1-3,5-7H,4,8H2,(H,12,13). The van der Waals surface area contributed by atoms with Gasteiger partial charge in [-0.25, -0.2) is 0 Å². The van der Waals surface area contributed by atoms with Crippen molar-refractivity contribution >= 4 is 11.6 Å². The van der Waals surface area contributed by atoms with Crippen molar-refractivity contribution in [3.05, 3.63) is 42.0 Å². The molecular weight excluding hydrogens is 162 g/mol. The van der Waals surface area contributed by atoms with Crippen LogP contribution in [0.15, 0.2) is 36.4 Å². The zero-order valence-electron chi connectivity index (χ0n) is 7.29. The van der Waals surface area contributed by atoms with E-state index in [1.807, 2.05) is 30.3 Å². The van der Waals surface area contributed by atoms with Crippen LogP contribution in [0.1, 0.15) is 18.4 Å². The molecule has 0 atom stereocenters. The molecule has 1 aromatic carbocycles. The number of allylic oxidation sites excluding steroid dienone is 1. The van der Waals surface area contributed by atoms with Gasteiger partial charge in [0.2, 0.25) is 5.91 Å². The summed E-state index contributed by atoms with van der Waals surface area (Å²) in [4.78, 5) is 11.1. The zero-order valence-corrected chi connectivity index (χ0v) is 7.29. The van der Waals surface area contributed by atoms with Crippen molar-refractivity contribution in [2.24, 2.45) is 0 Å². The van der Waals surface area contributed by atoms with Crippen LogP contribution in [0.5, 0.6) is 0 Å². The van der Waals surface area contributed by atoms with Crippen molar-refractivity contribution in [2.45, 2.75) is 12.8 Å². The Labute approximate surface area is 77.3 Å². The lowest BCUT2D eigenvalue weighted by Gasteiger charge is -2.14. The highest BCUT2D eigenvalue weighted by Crippen LogP contribution is 2.15. The predicted octanol–water partition coefficient (Wildman–Crippen LogP) is 1.94. The highest BCUT2D eigenvalue weighted by molar-refractivity contribution is 5.88. The number of nitrogens with one attached hydrogen (secondary N) is 1. The maximum Gasteiger partial charge on any atom is 0.224 e. The Balaban J connectivity index is 2.27. The molecule has 66 valence electrons. The van der Waals surface area contributed by atoms with Crippen molar-refractivity contribution in [3.8, 4) is 0 Å². The predicted molar refractivity (Wildman–Crippen MR) is 51.8 cm³/mol. The SMILES string of the molecule is O=C1CCC=C(c2ccccc2)N1. The quantitative estimate of drug-likeness (QED) is 0.690. The van der Waals surface area contributed by atoms with Crippen LogP contribution in [0.4, 0.5) is 0 Å². The number of carbonyl (C=O) groups is 1. The normalized spacial score (nSPS) is 16.3. The molecule has 2 nitrogen and oxygen atoms in total. The molecule has 0 radical (unpaired) electrons. The molecule has 1 aromatic rings. The van der Waals surface area contributed by atoms with Gasteiger partial charge in [-0.3, -0.25) is 4.79 Å². The van der Waals surface area contributed by atoms with E-state index in [9.17, 15) is 4.79 Å². The Morgan fingerprint density at radius 3 is 2.62 bits per heavy atom. The lowest BCUT2D eigenvalue weighted by Crippen LogP contribution is -2.24. The van der Waals surface area contributed by atoms with Gasteiger partial charge in [0.25, 0.3) is 0 Å². The van der Waals surface area contributed by atoms with Gasteiger partial charge in [0.1, 0.15) is 0 Å². The van der Waals surface area contributed by atoms with Gasteiger partial charge in [0.15, 0.2) is 0 Å². The molecule has 1 heterocycles. The maximum atomic E-state index is 11.1. The van der Waals surface area contributed by atoms with Crippen molar-refractivity contribution in [2.75, 3.05) is 0 Å². The van der Waals surface area contributed by atoms with E-state index in [1.165, 1.54) is 0 Å². The molecule has 0 aromatic heterocycles. The maximum absolute atomic E-state index is 11.1. The number of carbonyl (C=O) groups excluding carboxylic acids is 1. The Bertz CT molecular complexity index is 340. The number of hydrogen-bond donors (Lipinski definition) is 1. The second kappa shape index (κ2) is 3.44. The molecule has 0 saturated carbocycles. The molecule has 1 aliphatic heterocycles.